The number of nitrogens with zero attached hydrogens (tertiary/aromatic N) is 2. The van der Waals surface area contributed by atoms with Crippen LogP contribution in [0.25, 0.3) is 0 Å². The van der Waals surface area contributed by atoms with Crippen molar-refractivity contribution in [2.45, 2.75) is 32.1 Å². The maximum Gasteiger partial charge on any atom is 0.250 e. The summed E-state index contributed by atoms with van der Waals surface area (Å²) >= 11 is 1.38. The van der Waals surface area contributed by atoms with E-state index in [4.69, 9.17) is 4.74 Å². The van der Waals surface area contributed by atoms with E-state index >= 15 is 0 Å². The van der Waals surface area contributed by atoms with Crippen molar-refractivity contribution in [2.24, 2.45) is 10.9 Å². The van der Waals surface area contributed by atoms with Crippen LogP contribution in [0.15, 0.2) is 23.2 Å². The minimum atomic E-state index is -3.09. The number of ether oxygens (including phenoxy) is 1. The standard InChI is InChI=1S/C17H22N2O4S2/c1-10(2)16(20)18-17-19(12-7-11(3)5-6-14(12)23-4)13-8-25(21,22)9-15(13)24-17/h5-7,10,13,15H,8-9H2,1-4H3. The monoisotopic (exact) mass is 382 g/mol. The second-order valence-electron chi connectivity index (χ2n) is 6.73. The molecule has 2 fully saturated rings. The largest absolute Gasteiger partial charge is 0.495 e. The summed E-state index contributed by atoms with van der Waals surface area (Å²) in [5, 5.41) is 0.446. The summed E-state index contributed by atoms with van der Waals surface area (Å²) in [4.78, 5) is 18.3. The number of aliphatic imine (C=N–C) groups is 1. The van der Waals surface area contributed by atoms with Crippen LogP contribution in [-0.2, 0) is 14.6 Å². The molecule has 1 aromatic rings. The molecule has 0 saturated carbocycles. The first-order chi connectivity index (χ1) is 11.7. The number of carbonyl (C=O) groups is 1. The van der Waals surface area contributed by atoms with E-state index in [0.717, 1.165) is 11.3 Å². The Kier molecular flexibility index (Phi) is 4.85. The van der Waals surface area contributed by atoms with Crippen molar-refractivity contribution in [3.63, 3.8) is 0 Å². The third-order valence-electron chi connectivity index (χ3n) is 4.36. The molecule has 0 bridgehead atoms. The van der Waals surface area contributed by atoms with Gasteiger partial charge in [0.15, 0.2) is 15.0 Å². The molecule has 25 heavy (non-hydrogen) atoms. The zero-order valence-electron chi connectivity index (χ0n) is 14.7. The van der Waals surface area contributed by atoms with Gasteiger partial charge >= 0.3 is 0 Å². The predicted molar refractivity (Wildman–Crippen MR) is 101 cm³/mol. The normalized spacial score (nSPS) is 26.3. The molecular formula is C17H22N2O4S2. The molecule has 0 aliphatic carbocycles. The quantitative estimate of drug-likeness (QED) is 0.798. The lowest BCUT2D eigenvalue weighted by molar-refractivity contribution is -0.120. The number of rotatable bonds is 3. The number of carbonyl (C=O) groups excluding carboxylic acids is 1. The number of aryl methyl sites for hydroxylation is 1. The Labute approximate surface area is 152 Å². The minimum Gasteiger partial charge on any atom is -0.495 e. The summed E-state index contributed by atoms with van der Waals surface area (Å²) in [6.07, 6.45) is 0. The summed E-state index contributed by atoms with van der Waals surface area (Å²) in [7, 11) is -1.51. The highest BCUT2D eigenvalue weighted by Gasteiger charge is 2.50. The van der Waals surface area contributed by atoms with Gasteiger partial charge in [0.25, 0.3) is 5.91 Å². The van der Waals surface area contributed by atoms with Gasteiger partial charge in [-0.05, 0) is 24.6 Å². The lowest BCUT2D eigenvalue weighted by Gasteiger charge is -2.26. The molecule has 0 radical (unpaired) electrons. The van der Waals surface area contributed by atoms with Crippen molar-refractivity contribution in [3.05, 3.63) is 23.8 Å². The molecule has 2 heterocycles. The third-order valence-corrected chi connectivity index (χ3v) is 7.57. The fraction of sp³-hybridized carbons (Fsp3) is 0.529. The zero-order chi connectivity index (χ0) is 18.4. The predicted octanol–water partition coefficient (Wildman–Crippen LogP) is 2.26. The van der Waals surface area contributed by atoms with Gasteiger partial charge in [0, 0.05) is 11.2 Å². The summed E-state index contributed by atoms with van der Waals surface area (Å²) < 4.78 is 29.7. The van der Waals surface area contributed by atoms with Gasteiger partial charge in [-0.2, -0.15) is 4.99 Å². The van der Waals surface area contributed by atoms with E-state index in [0.29, 0.717) is 10.9 Å². The van der Waals surface area contributed by atoms with Crippen LogP contribution in [-0.4, -0.2) is 49.4 Å². The SMILES string of the molecule is COc1ccc(C)cc1N1C(=NC(=O)C(C)C)SC2CS(=O)(=O)CC21. The fourth-order valence-electron chi connectivity index (χ4n) is 3.06. The number of thioether (sulfide) groups is 1. The van der Waals surface area contributed by atoms with Gasteiger partial charge < -0.3 is 9.64 Å². The summed E-state index contributed by atoms with van der Waals surface area (Å²) in [6.45, 7) is 5.56. The number of fused-ring (bicyclic) bond motifs is 1. The van der Waals surface area contributed by atoms with E-state index in [1.165, 1.54) is 11.8 Å². The maximum absolute atomic E-state index is 12.2. The van der Waals surface area contributed by atoms with Crippen LogP contribution >= 0.6 is 11.8 Å². The van der Waals surface area contributed by atoms with Gasteiger partial charge in [-0.3, -0.25) is 4.79 Å². The average Bonchev–Trinajstić information content (AvgIpc) is 2.97. The van der Waals surface area contributed by atoms with E-state index < -0.39 is 9.84 Å². The average molecular weight is 383 g/mol. The second-order valence-corrected chi connectivity index (χ2v) is 10.1. The zero-order valence-corrected chi connectivity index (χ0v) is 16.4. The van der Waals surface area contributed by atoms with Gasteiger partial charge in [-0.1, -0.05) is 31.7 Å². The molecule has 6 nitrogen and oxygen atoms in total. The Morgan fingerprint density at radius 3 is 2.72 bits per heavy atom. The van der Waals surface area contributed by atoms with Crippen molar-refractivity contribution < 1.29 is 17.9 Å². The van der Waals surface area contributed by atoms with Gasteiger partial charge in [0.1, 0.15) is 5.75 Å². The van der Waals surface area contributed by atoms with Crippen LogP contribution in [0.3, 0.4) is 0 Å². The smallest absolute Gasteiger partial charge is 0.250 e. The number of benzene rings is 1. The summed E-state index contributed by atoms with van der Waals surface area (Å²) in [5.74, 6) is 0.403. The molecule has 2 unspecified atom stereocenters. The number of methoxy groups -OCH3 is 1. The molecule has 2 aliphatic rings. The number of hydrogen-bond acceptors (Lipinski definition) is 5. The van der Waals surface area contributed by atoms with Crippen LogP contribution in [0.1, 0.15) is 19.4 Å². The maximum atomic E-state index is 12.2. The summed E-state index contributed by atoms with van der Waals surface area (Å²) in [6, 6.07) is 5.50. The first kappa shape index (κ1) is 18.3. The summed E-state index contributed by atoms with van der Waals surface area (Å²) in [5.41, 5.74) is 1.79. The number of amidine groups is 1. The Bertz CT molecular complexity index is 833. The molecule has 2 atom stereocenters. The van der Waals surface area contributed by atoms with Gasteiger partial charge in [0.05, 0.1) is 30.3 Å². The van der Waals surface area contributed by atoms with E-state index in [2.05, 4.69) is 4.99 Å². The number of amides is 1. The van der Waals surface area contributed by atoms with Crippen molar-refractivity contribution in [2.75, 3.05) is 23.5 Å². The van der Waals surface area contributed by atoms with Crippen molar-refractivity contribution in [3.8, 4) is 5.75 Å². The Hall–Kier alpha value is -1.54. The molecule has 3 rings (SSSR count). The van der Waals surface area contributed by atoms with Crippen molar-refractivity contribution in [1.29, 1.82) is 0 Å². The molecule has 2 saturated heterocycles. The molecule has 0 aromatic heterocycles. The van der Waals surface area contributed by atoms with Crippen LogP contribution in [0, 0.1) is 12.8 Å². The van der Waals surface area contributed by atoms with Crippen LogP contribution in [0.5, 0.6) is 5.75 Å². The molecule has 2 aliphatic heterocycles. The number of anilines is 1. The lowest BCUT2D eigenvalue weighted by Crippen LogP contribution is -2.38. The molecule has 0 N–H and O–H groups in total. The Morgan fingerprint density at radius 1 is 1.36 bits per heavy atom. The van der Waals surface area contributed by atoms with E-state index in [9.17, 15) is 13.2 Å². The highest BCUT2D eigenvalue weighted by molar-refractivity contribution is 8.16. The first-order valence-electron chi connectivity index (χ1n) is 8.15. The molecule has 1 amide bonds. The molecule has 0 spiro atoms. The molecule has 8 heteroatoms. The van der Waals surface area contributed by atoms with Gasteiger partial charge in [-0.25, -0.2) is 8.42 Å². The van der Waals surface area contributed by atoms with Gasteiger partial charge in [0.2, 0.25) is 0 Å². The topological polar surface area (TPSA) is 76.0 Å². The lowest BCUT2D eigenvalue weighted by atomic mass is 10.1. The van der Waals surface area contributed by atoms with E-state index in [1.807, 2.05) is 30.0 Å². The van der Waals surface area contributed by atoms with Crippen LogP contribution < -0.4 is 9.64 Å². The van der Waals surface area contributed by atoms with Crippen LogP contribution in [0.2, 0.25) is 0 Å². The Morgan fingerprint density at radius 2 is 2.08 bits per heavy atom. The fourth-order valence-corrected chi connectivity index (χ4v) is 6.97. The Balaban J connectivity index is 2.10. The van der Waals surface area contributed by atoms with Crippen molar-refractivity contribution in [1.82, 2.24) is 0 Å². The number of sulfone groups is 1. The van der Waals surface area contributed by atoms with Crippen molar-refractivity contribution >= 4 is 38.4 Å². The first-order valence-corrected chi connectivity index (χ1v) is 10.9. The van der Waals surface area contributed by atoms with E-state index in [-0.39, 0.29) is 34.6 Å². The van der Waals surface area contributed by atoms with Crippen LogP contribution in [0.4, 0.5) is 5.69 Å². The van der Waals surface area contributed by atoms with Gasteiger partial charge in [-0.15, -0.1) is 0 Å². The minimum absolute atomic E-state index is 0.0661. The third kappa shape index (κ3) is 3.55. The van der Waals surface area contributed by atoms with E-state index in [1.54, 1.807) is 21.0 Å². The molecular weight excluding hydrogens is 360 g/mol. The number of hydrogen-bond donors (Lipinski definition) is 0. The molecule has 136 valence electrons. The highest BCUT2D eigenvalue weighted by Crippen LogP contribution is 2.44. The second kappa shape index (κ2) is 6.64. The highest BCUT2D eigenvalue weighted by atomic mass is 32.2. The molecule has 1 aromatic carbocycles.